The maximum absolute atomic E-state index is 11.7. The van der Waals surface area contributed by atoms with Crippen molar-refractivity contribution >= 4 is 5.91 Å². The van der Waals surface area contributed by atoms with Crippen LogP contribution in [0.2, 0.25) is 0 Å². The van der Waals surface area contributed by atoms with Gasteiger partial charge in [0, 0.05) is 6.42 Å². The molecule has 1 aromatic carbocycles. The summed E-state index contributed by atoms with van der Waals surface area (Å²) in [5.41, 5.74) is 6.44. The highest BCUT2D eigenvalue weighted by Crippen LogP contribution is 2.18. The molecule has 3 N–H and O–H groups in total. The Bertz CT molecular complexity index is 380. The Morgan fingerprint density at radius 1 is 1.44 bits per heavy atom. The van der Waals surface area contributed by atoms with Gasteiger partial charge in [0.1, 0.15) is 5.75 Å². The maximum Gasteiger partial charge on any atom is 0.220 e. The molecule has 4 nitrogen and oxygen atoms in total. The molecule has 0 saturated heterocycles. The van der Waals surface area contributed by atoms with Crippen LogP contribution >= 0.6 is 0 Å². The molecule has 0 heterocycles. The van der Waals surface area contributed by atoms with E-state index >= 15 is 0 Å². The first-order valence-electron chi connectivity index (χ1n) is 6.30. The van der Waals surface area contributed by atoms with Crippen LogP contribution in [0.3, 0.4) is 0 Å². The van der Waals surface area contributed by atoms with Gasteiger partial charge in [-0.1, -0.05) is 12.1 Å². The first-order chi connectivity index (χ1) is 8.67. The molecule has 1 amide bonds. The van der Waals surface area contributed by atoms with Crippen molar-refractivity contribution in [3.05, 3.63) is 29.8 Å². The zero-order valence-corrected chi connectivity index (χ0v) is 11.1. The van der Waals surface area contributed by atoms with E-state index in [9.17, 15) is 4.79 Å². The minimum atomic E-state index is -0.00882. The fourth-order valence-electron chi connectivity index (χ4n) is 1.74. The third-order valence-electron chi connectivity index (χ3n) is 2.83. The quantitative estimate of drug-likeness (QED) is 0.727. The van der Waals surface area contributed by atoms with Gasteiger partial charge in [-0.2, -0.15) is 0 Å². The molecule has 0 saturated carbocycles. The molecule has 100 valence electrons. The third kappa shape index (κ3) is 4.75. The summed E-state index contributed by atoms with van der Waals surface area (Å²) in [5.74, 6) is 0.871. The predicted octanol–water partition coefficient (Wildman–Crippen LogP) is 2.00. The van der Waals surface area contributed by atoms with Crippen LogP contribution in [0.25, 0.3) is 0 Å². The molecule has 0 bridgehead atoms. The third-order valence-corrected chi connectivity index (χ3v) is 2.83. The molecule has 0 aliphatic rings. The second kappa shape index (κ2) is 7.71. The number of rotatable bonds is 7. The molecule has 0 aromatic heterocycles. The van der Waals surface area contributed by atoms with Gasteiger partial charge in [-0.15, -0.1) is 0 Å². The summed E-state index contributed by atoms with van der Waals surface area (Å²) in [5, 5.41) is 2.97. The lowest BCUT2D eigenvalue weighted by Crippen LogP contribution is -2.26. The molecule has 0 aliphatic heterocycles. The molecule has 0 unspecified atom stereocenters. The molecule has 1 aromatic rings. The van der Waals surface area contributed by atoms with Crippen molar-refractivity contribution in [2.45, 2.75) is 32.2 Å². The van der Waals surface area contributed by atoms with Crippen molar-refractivity contribution in [3.63, 3.8) is 0 Å². The molecule has 1 atom stereocenters. The SMILES string of the molecule is COc1cccc([C@H](C)NC(=O)CCCCN)c1. The number of benzene rings is 1. The van der Waals surface area contributed by atoms with E-state index in [0.29, 0.717) is 13.0 Å². The van der Waals surface area contributed by atoms with Gasteiger partial charge in [-0.25, -0.2) is 0 Å². The van der Waals surface area contributed by atoms with Gasteiger partial charge in [-0.3, -0.25) is 4.79 Å². The van der Waals surface area contributed by atoms with Crippen LogP contribution in [0.15, 0.2) is 24.3 Å². The van der Waals surface area contributed by atoms with Crippen LogP contribution in [-0.4, -0.2) is 19.6 Å². The van der Waals surface area contributed by atoms with Gasteiger partial charge in [0.15, 0.2) is 0 Å². The summed E-state index contributed by atoms with van der Waals surface area (Å²) in [6.45, 7) is 2.61. The molecular formula is C14H22N2O2. The summed E-state index contributed by atoms with van der Waals surface area (Å²) in [6.07, 6.45) is 2.26. The van der Waals surface area contributed by atoms with E-state index in [4.69, 9.17) is 10.5 Å². The number of amides is 1. The topological polar surface area (TPSA) is 64.3 Å². The van der Waals surface area contributed by atoms with E-state index in [1.807, 2.05) is 31.2 Å². The molecule has 0 fully saturated rings. The van der Waals surface area contributed by atoms with E-state index in [0.717, 1.165) is 24.2 Å². The van der Waals surface area contributed by atoms with Crippen LogP contribution in [0.1, 0.15) is 37.8 Å². The number of carbonyl (C=O) groups is 1. The average molecular weight is 250 g/mol. The summed E-state index contributed by atoms with van der Waals surface area (Å²) in [6, 6.07) is 7.72. The normalized spacial score (nSPS) is 11.9. The fourth-order valence-corrected chi connectivity index (χ4v) is 1.74. The van der Waals surface area contributed by atoms with E-state index in [-0.39, 0.29) is 11.9 Å². The highest BCUT2D eigenvalue weighted by Gasteiger charge is 2.09. The maximum atomic E-state index is 11.7. The van der Waals surface area contributed by atoms with Crippen LogP contribution in [0.4, 0.5) is 0 Å². The second-order valence-corrected chi connectivity index (χ2v) is 4.31. The number of hydrogen-bond donors (Lipinski definition) is 2. The smallest absolute Gasteiger partial charge is 0.220 e. The number of hydrogen-bond acceptors (Lipinski definition) is 3. The lowest BCUT2D eigenvalue weighted by molar-refractivity contribution is -0.121. The van der Waals surface area contributed by atoms with Crippen molar-refractivity contribution in [1.29, 1.82) is 0 Å². The zero-order valence-electron chi connectivity index (χ0n) is 11.1. The largest absolute Gasteiger partial charge is 0.497 e. The van der Waals surface area contributed by atoms with Gasteiger partial charge < -0.3 is 15.8 Å². The average Bonchev–Trinajstić information content (AvgIpc) is 2.39. The first-order valence-corrected chi connectivity index (χ1v) is 6.30. The highest BCUT2D eigenvalue weighted by molar-refractivity contribution is 5.76. The Morgan fingerprint density at radius 3 is 2.89 bits per heavy atom. The predicted molar refractivity (Wildman–Crippen MR) is 72.5 cm³/mol. The highest BCUT2D eigenvalue weighted by atomic mass is 16.5. The molecule has 0 spiro atoms. The Labute approximate surface area is 109 Å². The van der Waals surface area contributed by atoms with Crippen LogP contribution in [-0.2, 0) is 4.79 Å². The van der Waals surface area contributed by atoms with Gasteiger partial charge in [0.2, 0.25) is 5.91 Å². The van der Waals surface area contributed by atoms with Gasteiger partial charge >= 0.3 is 0 Å². The van der Waals surface area contributed by atoms with Crippen molar-refractivity contribution in [1.82, 2.24) is 5.32 Å². The number of nitrogens with two attached hydrogens (primary N) is 1. The van der Waals surface area contributed by atoms with Crippen LogP contribution < -0.4 is 15.8 Å². The fraction of sp³-hybridized carbons (Fsp3) is 0.500. The first kappa shape index (κ1) is 14.5. The van der Waals surface area contributed by atoms with Gasteiger partial charge in [-0.05, 0) is 44.0 Å². The van der Waals surface area contributed by atoms with E-state index < -0.39 is 0 Å². The molecule has 4 heteroatoms. The van der Waals surface area contributed by atoms with E-state index in [2.05, 4.69) is 5.32 Å². The second-order valence-electron chi connectivity index (χ2n) is 4.31. The monoisotopic (exact) mass is 250 g/mol. The number of carbonyl (C=O) groups excluding carboxylic acids is 1. The Morgan fingerprint density at radius 2 is 2.22 bits per heavy atom. The number of nitrogens with one attached hydrogen (secondary N) is 1. The zero-order chi connectivity index (χ0) is 13.4. The van der Waals surface area contributed by atoms with Crippen LogP contribution in [0, 0.1) is 0 Å². The van der Waals surface area contributed by atoms with Gasteiger partial charge in [0.25, 0.3) is 0 Å². The number of ether oxygens (including phenoxy) is 1. The van der Waals surface area contributed by atoms with Crippen molar-refractivity contribution in [2.75, 3.05) is 13.7 Å². The Balaban J connectivity index is 2.48. The van der Waals surface area contributed by atoms with E-state index in [1.54, 1.807) is 7.11 Å². The number of unbranched alkanes of at least 4 members (excludes halogenated alkanes) is 1. The summed E-state index contributed by atoms with van der Waals surface area (Å²) in [4.78, 5) is 11.7. The molecular weight excluding hydrogens is 228 g/mol. The molecule has 18 heavy (non-hydrogen) atoms. The van der Waals surface area contributed by atoms with Crippen LogP contribution in [0.5, 0.6) is 5.75 Å². The lowest BCUT2D eigenvalue weighted by atomic mass is 10.1. The number of methoxy groups -OCH3 is 1. The standard InChI is InChI=1S/C14H22N2O2/c1-11(16-14(17)8-3-4-9-15)12-6-5-7-13(10-12)18-2/h5-7,10-11H,3-4,8-9,15H2,1-2H3,(H,16,17)/t11-/m0/s1. The summed E-state index contributed by atoms with van der Waals surface area (Å²) >= 11 is 0. The molecule has 1 rings (SSSR count). The van der Waals surface area contributed by atoms with Gasteiger partial charge in [0.05, 0.1) is 13.2 Å². The Kier molecular flexibility index (Phi) is 6.22. The summed E-state index contributed by atoms with van der Waals surface area (Å²) in [7, 11) is 1.63. The van der Waals surface area contributed by atoms with Crippen molar-refractivity contribution < 1.29 is 9.53 Å². The van der Waals surface area contributed by atoms with Crippen molar-refractivity contribution in [3.8, 4) is 5.75 Å². The Hall–Kier alpha value is -1.55. The van der Waals surface area contributed by atoms with E-state index in [1.165, 1.54) is 0 Å². The van der Waals surface area contributed by atoms with Crippen molar-refractivity contribution in [2.24, 2.45) is 5.73 Å². The minimum absolute atomic E-state index is 0.00882. The lowest BCUT2D eigenvalue weighted by Gasteiger charge is -2.15. The minimum Gasteiger partial charge on any atom is -0.497 e. The molecule has 0 radical (unpaired) electrons. The molecule has 0 aliphatic carbocycles. The summed E-state index contributed by atoms with van der Waals surface area (Å²) < 4.78 is 5.16.